The highest BCUT2D eigenvalue weighted by molar-refractivity contribution is 6.33. The molecule has 12 heteroatoms. The lowest BCUT2D eigenvalue weighted by Crippen LogP contribution is -2.46. The molecule has 1 aliphatic heterocycles. The number of nitrogens with zero attached hydrogens (tertiary/aromatic N) is 6. The molecule has 8 nitrogen and oxygen atoms in total. The van der Waals surface area contributed by atoms with E-state index in [0.717, 1.165) is 23.5 Å². The van der Waals surface area contributed by atoms with Gasteiger partial charge in [-0.3, -0.25) is 4.90 Å². The highest BCUT2D eigenvalue weighted by Crippen LogP contribution is 2.33. The zero-order valence-electron chi connectivity index (χ0n) is 17.8. The molecule has 0 spiro atoms. The van der Waals surface area contributed by atoms with E-state index in [1.165, 1.54) is 0 Å². The quantitative estimate of drug-likeness (QED) is 0.570. The average Bonchev–Trinajstić information content (AvgIpc) is 2.75. The normalized spacial score (nSPS) is 15.0. The average molecular weight is 479 g/mol. The standard InChI is InChI=1S/C21H22ClF3N8/c1-13-4-2-3-5-16(13)28-20-30-17(29-19(26)31-20)12-32-6-8-33(9-7-32)18-15(22)10-14(11-27-18)21(23,24)25/h2-5,10-11H,6-9,12H2,1H3,(H3,26,28,29,30,31). The molecule has 0 aliphatic carbocycles. The van der Waals surface area contributed by atoms with Crippen LogP contribution in [0.5, 0.6) is 0 Å². The van der Waals surface area contributed by atoms with Crippen molar-refractivity contribution in [3.63, 3.8) is 0 Å². The first-order valence-electron chi connectivity index (χ1n) is 10.2. The number of anilines is 4. The summed E-state index contributed by atoms with van der Waals surface area (Å²) in [5.41, 5.74) is 6.94. The van der Waals surface area contributed by atoms with Gasteiger partial charge in [-0.25, -0.2) is 4.98 Å². The van der Waals surface area contributed by atoms with Crippen molar-refractivity contribution in [1.29, 1.82) is 0 Å². The molecule has 0 amide bonds. The second kappa shape index (κ2) is 9.36. The first kappa shape index (κ1) is 23.0. The van der Waals surface area contributed by atoms with Crippen molar-refractivity contribution in [2.45, 2.75) is 19.6 Å². The van der Waals surface area contributed by atoms with Crippen LogP contribution in [0.4, 0.5) is 36.6 Å². The molecule has 3 N–H and O–H groups in total. The van der Waals surface area contributed by atoms with E-state index < -0.39 is 11.7 Å². The fourth-order valence-corrected chi connectivity index (χ4v) is 3.82. The van der Waals surface area contributed by atoms with Crippen LogP contribution in [0.1, 0.15) is 17.0 Å². The number of para-hydroxylation sites is 1. The first-order chi connectivity index (χ1) is 15.7. The van der Waals surface area contributed by atoms with Gasteiger partial charge in [-0.15, -0.1) is 0 Å². The van der Waals surface area contributed by atoms with Crippen molar-refractivity contribution in [1.82, 2.24) is 24.8 Å². The highest BCUT2D eigenvalue weighted by atomic mass is 35.5. The minimum atomic E-state index is -4.48. The molecule has 174 valence electrons. The smallest absolute Gasteiger partial charge is 0.368 e. The molecule has 0 unspecified atom stereocenters. The summed E-state index contributed by atoms with van der Waals surface area (Å²) in [4.78, 5) is 20.8. The molecule has 4 rings (SSSR count). The summed E-state index contributed by atoms with van der Waals surface area (Å²) in [6.45, 7) is 4.79. The molecule has 1 fully saturated rings. The van der Waals surface area contributed by atoms with Crippen LogP contribution in [-0.4, -0.2) is 51.0 Å². The molecule has 0 radical (unpaired) electrons. The van der Waals surface area contributed by atoms with E-state index in [1.54, 1.807) is 0 Å². The van der Waals surface area contributed by atoms with Crippen LogP contribution in [0.25, 0.3) is 0 Å². The Hall–Kier alpha value is -3.18. The number of pyridine rings is 1. The number of hydrogen-bond acceptors (Lipinski definition) is 8. The third-order valence-electron chi connectivity index (χ3n) is 5.28. The number of aryl methyl sites for hydroxylation is 1. The van der Waals surface area contributed by atoms with Gasteiger partial charge < -0.3 is 16.0 Å². The fraction of sp³-hybridized carbons (Fsp3) is 0.333. The molecular weight excluding hydrogens is 457 g/mol. The van der Waals surface area contributed by atoms with Gasteiger partial charge in [0.25, 0.3) is 0 Å². The Bertz CT molecular complexity index is 1130. The Balaban J connectivity index is 1.39. The van der Waals surface area contributed by atoms with E-state index in [4.69, 9.17) is 17.3 Å². The van der Waals surface area contributed by atoms with Crippen LogP contribution < -0.4 is 16.0 Å². The van der Waals surface area contributed by atoms with Crippen LogP contribution in [0, 0.1) is 6.92 Å². The van der Waals surface area contributed by atoms with Gasteiger partial charge in [-0.2, -0.15) is 28.1 Å². The molecule has 33 heavy (non-hydrogen) atoms. The van der Waals surface area contributed by atoms with Gasteiger partial charge in [0.1, 0.15) is 11.6 Å². The van der Waals surface area contributed by atoms with Crippen molar-refractivity contribution in [2.75, 3.05) is 42.1 Å². The minimum absolute atomic E-state index is 0.0181. The second-order valence-electron chi connectivity index (χ2n) is 7.66. The van der Waals surface area contributed by atoms with Crippen molar-refractivity contribution >= 4 is 35.0 Å². The summed E-state index contributed by atoms with van der Waals surface area (Å²) in [5.74, 6) is 1.36. The van der Waals surface area contributed by atoms with E-state index in [2.05, 4.69) is 30.2 Å². The summed E-state index contributed by atoms with van der Waals surface area (Å²) in [5, 5.41) is 3.15. The number of halogens is 4. The second-order valence-corrected chi connectivity index (χ2v) is 8.07. The summed E-state index contributed by atoms with van der Waals surface area (Å²) >= 11 is 6.08. The summed E-state index contributed by atoms with van der Waals surface area (Å²) in [7, 11) is 0. The van der Waals surface area contributed by atoms with Crippen molar-refractivity contribution in [3.8, 4) is 0 Å². The lowest BCUT2D eigenvalue weighted by atomic mass is 10.2. The maximum Gasteiger partial charge on any atom is 0.417 e. The molecule has 3 heterocycles. The van der Waals surface area contributed by atoms with Crippen molar-refractivity contribution < 1.29 is 13.2 Å². The number of rotatable bonds is 5. The third-order valence-corrected chi connectivity index (χ3v) is 5.55. The Morgan fingerprint density at radius 3 is 2.48 bits per heavy atom. The lowest BCUT2D eigenvalue weighted by Gasteiger charge is -2.35. The van der Waals surface area contributed by atoms with Crippen LogP contribution in [-0.2, 0) is 12.7 Å². The van der Waals surface area contributed by atoms with E-state index in [0.29, 0.717) is 50.3 Å². The molecule has 0 saturated carbocycles. The van der Waals surface area contributed by atoms with E-state index >= 15 is 0 Å². The molecule has 0 bridgehead atoms. The fourth-order valence-electron chi connectivity index (χ4n) is 3.53. The summed E-state index contributed by atoms with van der Waals surface area (Å²) in [6.07, 6.45) is -3.67. The Kier molecular flexibility index (Phi) is 6.52. The number of benzene rings is 1. The van der Waals surface area contributed by atoms with Gasteiger partial charge in [0, 0.05) is 38.1 Å². The van der Waals surface area contributed by atoms with Crippen molar-refractivity contribution in [3.05, 3.63) is 58.5 Å². The van der Waals surface area contributed by atoms with Crippen LogP contribution in [0.3, 0.4) is 0 Å². The Morgan fingerprint density at radius 1 is 1.09 bits per heavy atom. The number of alkyl halides is 3. The first-order valence-corrected chi connectivity index (χ1v) is 10.6. The van der Waals surface area contributed by atoms with Gasteiger partial charge in [-0.05, 0) is 24.6 Å². The number of aromatic nitrogens is 4. The Morgan fingerprint density at radius 2 is 1.82 bits per heavy atom. The number of nitrogens with two attached hydrogens (primary N) is 1. The van der Waals surface area contributed by atoms with Gasteiger partial charge in [0.05, 0.1) is 17.1 Å². The molecule has 1 aromatic carbocycles. The highest BCUT2D eigenvalue weighted by Gasteiger charge is 2.32. The molecule has 2 aromatic heterocycles. The molecule has 3 aromatic rings. The van der Waals surface area contributed by atoms with Crippen LogP contribution in [0.2, 0.25) is 5.02 Å². The van der Waals surface area contributed by atoms with Crippen LogP contribution in [0.15, 0.2) is 36.5 Å². The van der Waals surface area contributed by atoms with Crippen molar-refractivity contribution in [2.24, 2.45) is 0 Å². The SMILES string of the molecule is Cc1ccccc1Nc1nc(N)nc(CN2CCN(c3ncc(C(F)(F)F)cc3Cl)CC2)n1. The molecular formula is C21H22ClF3N8. The van der Waals surface area contributed by atoms with Crippen LogP contribution >= 0.6 is 11.6 Å². The monoisotopic (exact) mass is 478 g/mol. The van der Waals surface area contributed by atoms with E-state index in [1.807, 2.05) is 36.1 Å². The molecule has 1 aliphatic rings. The minimum Gasteiger partial charge on any atom is -0.368 e. The van der Waals surface area contributed by atoms with E-state index in [9.17, 15) is 13.2 Å². The number of nitrogens with one attached hydrogen (secondary N) is 1. The Labute approximate surface area is 193 Å². The molecule has 1 saturated heterocycles. The summed E-state index contributed by atoms with van der Waals surface area (Å²) < 4.78 is 38.6. The zero-order chi connectivity index (χ0) is 23.6. The number of piperazine rings is 1. The molecule has 0 atom stereocenters. The van der Waals surface area contributed by atoms with Gasteiger partial charge >= 0.3 is 6.18 Å². The third kappa shape index (κ3) is 5.60. The largest absolute Gasteiger partial charge is 0.417 e. The maximum absolute atomic E-state index is 12.9. The lowest BCUT2D eigenvalue weighted by molar-refractivity contribution is -0.137. The summed E-state index contributed by atoms with van der Waals surface area (Å²) in [6, 6.07) is 8.67. The number of nitrogen functional groups attached to an aromatic ring is 1. The number of hydrogen-bond donors (Lipinski definition) is 2. The zero-order valence-corrected chi connectivity index (χ0v) is 18.5. The van der Waals surface area contributed by atoms with E-state index in [-0.39, 0.29) is 11.0 Å². The predicted molar refractivity (Wildman–Crippen MR) is 120 cm³/mol. The predicted octanol–water partition coefficient (Wildman–Crippen LogP) is 3.90. The van der Waals surface area contributed by atoms with Gasteiger partial charge in [-0.1, -0.05) is 29.8 Å². The maximum atomic E-state index is 12.9. The topological polar surface area (TPSA) is 96.1 Å². The van der Waals surface area contributed by atoms with Gasteiger partial charge in [0.2, 0.25) is 11.9 Å². The van der Waals surface area contributed by atoms with Gasteiger partial charge in [0.15, 0.2) is 0 Å².